The summed E-state index contributed by atoms with van der Waals surface area (Å²) in [6, 6.07) is 0. The highest BCUT2D eigenvalue weighted by Gasteiger charge is 2.41. The van der Waals surface area contributed by atoms with Crippen molar-refractivity contribution < 1.29 is 0 Å². The average Bonchev–Trinajstić information content (AvgIpc) is 2.63. The molecule has 0 unspecified atom stereocenters. The van der Waals surface area contributed by atoms with Crippen molar-refractivity contribution in [2.24, 2.45) is 11.1 Å². The molecule has 1 aliphatic carbocycles. The number of rotatable bonds is 4. The molecule has 1 aromatic heterocycles. The van der Waals surface area contributed by atoms with Gasteiger partial charge in [-0.25, -0.2) is 0 Å². The molecule has 0 aromatic carbocycles. The van der Waals surface area contributed by atoms with Gasteiger partial charge in [0, 0.05) is 11.1 Å². The molecule has 0 radical (unpaired) electrons. The minimum Gasteiger partial charge on any atom is -0.330 e. The highest BCUT2D eigenvalue weighted by Crippen LogP contribution is 2.51. The number of thiazole rings is 1. The summed E-state index contributed by atoms with van der Waals surface area (Å²) >= 11 is 1.76. The molecule has 1 fully saturated rings. The lowest BCUT2D eigenvalue weighted by Crippen LogP contribution is -2.11. The summed E-state index contributed by atoms with van der Waals surface area (Å²) in [6.07, 6.45) is 7.10. The van der Waals surface area contributed by atoms with Crippen LogP contribution in [0.4, 0.5) is 0 Å². The van der Waals surface area contributed by atoms with Crippen LogP contribution >= 0.6 is 11.3 Å². The van der Waals surface area contributed by atoms with E-state index in [4.69, 9.17) is 5.73 Å². The van der Waals surface area contributed by atoms with Crippen molar-refractivity contribution in [3.8, 4) is 0 Å². The SMILES string of the molecule is NCCC1(Cc2cncs2)CC1. The fraction of sp³-hybridized carbons (Fsp3) is 0.667. The predicted molar refractivity (Wildman–Crippen MR) is 51.2 cm³/mol. The molecule has 2 rings (SSSR count). The zero-order chi connectivity index (χ0) is 8.44. The maximum atomic E-state index is 5.57. The first-order valence-corrected chi connectivity index (χ1v) is 5.30. The van der Waals surface area contributed by atoms with Gasteiger partial charge in [0.25, 0.3) is 0 Å². The van der Waals surface area contributed by atoms with Gasteiger partial charge >= 0.3 is 0 Å². The monoisotopic (exact) mass is 182 g/mol. The Morgan fingerprint density at radius 1 is 1.58 bits per heavy atom. The lowest BCUT2D eigenvalue weighted by molar-refractivity contribution is 0.474. The second-order valence-electron chi connectivity index (χ2n) is 3.68. The largest absolute Gasteiger partial charge is 0.330 e. The van der Waals surface area contributed by atoms with Gasteiger partial charge in [-0.2, -0.15) is 0 Å². The smallest absolute Gasteiger partial charge is 0.0794 e. The lowest BCUT2D eigenvalue weighted by Gasteiger charge is -2.10. The van der Waals surface area contributed by atoms with E-state index in [2.05, 4.69) is 4.98 Å². The van der Waals surface area contributed by atoms with Gasteiger partial charge in [0.2, 0.25) is 0 Å². The van der Waals surface area contributed by atoms with Gasteiger partial charge in [0.05, 0.1) is 5.51 Å². The lowest BCUT2D eigenvalue weighted by atomic mass is 9.98. The van der Waals surface area contributed by atoms with Crippen molar-refractivity contribution in [3.63, 3.8) is 0 Å². The van der Waals surface area contributed by atoms with E-state index < -0.39 is 0 Å². The predicted octanol–water partition coefficient (Wildman–Crippen LogP) is 1.81. The van der Waals surface area contributed by atoms with Crippen LogP contribution in [0.25, 0.3) is 0 Å². The summed E-state index contributed by atoms with van der Waals surface area (Å²) in [6.45, 7) is 0.832. The maximum absolute atomic E-state index is 5.57. The number of hydrogen-bond donors (Lipinski definition) is 1. The Hall–Kier alpha value is -0.410. The first-order chi connectivity index (χ1) is 5.85. The van der Waals surface area contributed by atoms with Crippen LogP contribution in [-0.4, -0.2) is 11.5 Å². The summed E-state index contributed by atoms with van der Waals surface area (Å²) in [5, 5.41) is 0. The van der Waals surface area contributed by atoms with Gasteiger partial charge < -0.3 is 5.73 Å². The van der Waals surface area contributed by atoms with E-state index in [9.17, 15) is 0 Å². The molecule has 66 valence electrons. The molecule has 0 bridgehead atoms. The maximum Gasteiger partial charge on any atom is 0.0794 e. The molecule has 1 aliphatic rings. The second-order valence-corrected chi connectivity index (χ2v) is 4.65. The molecule has 0 saturated heterocycles. The van der Waals surface area contributed by atoms with E-state index >= 15 is 0 Å². The number of nitrogens with zero attached hydrogens (tertiary/aromatic N) is 1. The molecule has 2 N–H and O–H groups in total. The van der Waals surface area contributed by atoms with Gasteiger partial charge in [-0.05, 0) is 37.6 Å². The topological polar surface area (TPSA) is 38.9 Å². The normalized spacial score (nSPS) is 19.4. The van der Waals surface area contributed by atoms with Crippen LogP contribution < -0.4 is 5.73 Å². The molecule has 1 saturated carbocycles. The third kappa shape index (κ3) is 1.67. The van der Waals surface area contributed by atoms with Crippen LogP contribution in [0.15, 0.2) is 11.7 Å². The van der Waals surface area contributed by atoms with Crippen LogP contribution in [0.2, 0.25) is 0 Å². The molecule has 0 amide bonds. The van der Waals surface area contributed by atoms with Gasteiger partial charge in [-0.15, -0.1) is 11.3 Å². The number of aromatic nitrogens is 1. The highest BCUT2D eigenvalue weighted by molar-refractivity contribution is 7.09. The Balaban J connectivity index is 1.94. The molecule has 0 atom stereocenters. The highest BCUT2D eigenvalue weighted by atomic mass is 32.1. The standard InChI is InChI=1S/C9H14N2S/c10-4-3-9(1-2-9)5-8-6-11-7-12-8/h6-7H,1-5,10H2. The van der Waals surface area contributed by atoms with Crippen molar-refractivity contribution in [2.75, 3.05) is 6.54 Å². The first-order valence-electron chi connectivity index (χ1n) is 4.42. The van der Waals surface area contributed by atoms with E-state index in [1.165, 1.54) is 30.6 Å². The van der Waals surface area contributed by atoms with Crippen molar-refractivity contribution in [2.45, 2.75) is 25.7 Å². The summed E-state index contributed by atoms with van der Waals surface area (Å²) < 4.78 is 0. The van der Waals surface area contributed by atoms with Crippen molar-refractivity contribution >= 4 is 11.3 Å². The van der Waals surface area contributed by atoms with Crippen LogP contribution in [-0.2, 0) is 6.42 Å². The van der Waals surface area contributed by atoms with Crippen molar-refractivity contribution in [3.05, 3.63) is 16.6 Å². The minimum atomic E-state index is 0.571. The number of hydrogen-bond acceptors (Lipinski definition) is 3. The minimum absolute atomic E-state index is 0.571. The fourth-order valence-corrected chi connectivity index (χ4v) is 2.47. The molecule has 2 nitrogen and oxygen atoms in total. The summed E-state index contributed by atoms with van der Waals surface area (Å²) in [5.41, 5.74) is 8.05. The Kier molecular flexibility index (Phi) is 2.15. The van der Waals surface area contributed by atoms with Crippen LogP contribution in [0, 0.1) is 5.41 Å². The molecule has 3 heteroatoms. The summed E-state index contributed by atoms with van der Waals surface area (Å²) in [5.74, 6) is 0. The first kappa shape index (κ1) is 8.20. The number of nitrogens with two attached hydrogens (primary N) is 1. The Labute approximate surface area is 76.8 Å². The molecule has 1 aromatic rings. The average molecular weight is 182 g/mol. The molecular weight excluding hydrogens is 168 g/mol. The van der Waals surface area contributed by atoms with Crippen LogP contribution in [0.5, 0.6) is 0 Å². The van der Waals surface area contributed by atoms with E-state index in [-0.39, 0.29) is 0 Å². The molecular formula is C9H14N2S. The quantitative estimate of drug-likeness (QED) is 0.771. The van der Waals surface area contributed by atoms with Crippen molar-refractivity contribution in [1.82, 2.24) is 4.98 Å². The zero-order valence-electron chi connectivity index (χ0n) is 7.12. The molecule has 12 heavy (non-hydrogen) atoms. The fourth-order valence-electron chi connectivity index (χ4n) is 1.70. The van der Waals surface area contributed by atoms with Gasteiger partial charge in [0.15, 0.2) is 0 Å². The second kappa shape index (κ2) is 3.15. The third-order valence-electron chi connectivity index (χ3n) is 2.66. The molecule has 0 aliphatic heterocycles. The van der Waals surface area contributed by atoms with Gasteiger partial charge in [-0.3, -0.25) is 4.98 Å². The van der Waals surface area contributed by atoms with Crippen LogP contribution in [0.3, 0.4) is 0 Å². The van der Waals surface area contributed by atoms with Crippen molar-refractivity contribution in [1.29, 1.82) is 0 Å². The Bertz CT molecular complexity index is 239. The van der Waals surface area contributed by atoms with Crippen LogP contribution in [0.1, 0.15) is 24.1 Å². The van der Waals surface area contributed by atoms with Gasteiger partial charge in [-0.1, -0.05) is 0 Å². The third-order valence-corrected chi connectivity index (χ3v) is 3.44. The van der Waals surface area contributed by atoms with E-state index in [1.807, 2.05) is 11.7 Å². The van der Waals surface area contributed by atoms with E-state index in [0.717, 1.165) is 6.54 Å². The summed E-state index contributed by atoms with van der Waals surface area (Å²) in [7, 11) is 0. The van der Waals surface area contributed by atoms with E-state index in [0.29, 0.717) is 5.41 Å². The van der Waals surface area contributed by atoms with E-state index in [1.54, 1.807) is 11.3 Å². The molecule has 1 heterocycles. The summed E-state index contributed by atoms with van der Waals surface area (Å²) in [4.78, 5) is 5.50. The zero-order valence-corrected chi connectivity index (χ0v) is 7.94. The molecule has 0 spiro atoms. The Morgan fingerprint density at radius 3 is 2.92 bits per heavy atom. The van der Waals surface area contributed by atoms with Gasteiger partial charge in [0.1, 0.15) is 0 Å². The Morgan fingerprint density at radius 2 is 2.42 bits per heavy atom.